The fraction of sp³-hybridized carbons (Fsp3) is 0.591. The predicted octanol–water partition coefficient (Wildman–Crippen LogP) is 1.09. The van der Waals surface area contributed by atoms with Crippen LogP contribution in [0.5, 0.6) is 0 Å². The van der Waals surface area contributed by atoms with Gasteiger partial charge in [0.1, 0.15) is 11.9 Å². The number of amides is 2. The van der Waals surface area contributed by atoms with Gasteiger partial charge in [-0.15, -0.1) is 0 Å². The Morgan fingerprint density at radius 1 is 1.16 bits per heavy atom. The summed E-state index contributed by atoms with van der Waals surface area (Å²) < 4.78 is 2.00. The number of anilines is 1. The zero-order valence-electron chi connectivity index (χ0n) is 17.6. The number of carbonyl (C=O) groups excluding carboxylic acids is 2. The molecule has 2 bridgehead atoms. The molecule has 2 amide bonds. The van der Waals surface area contributed by atoms with Crippen LogP contribution in [0.3, 0.4) is 0 Å². The highest BCUT2D eigenvalue weighted by Crippen LogP contribution is 2.42. The van der Waals surface area contributed by atoms with Gasteiger partial charge < -0.3 is 19.7 Å². The lowest BCUT2D eigenvalue weighted by atomic mass is 9.71. The summed E-state index contributed by atoms with van der Waals surface area (Å²) in [5, 5.41) is 3.11. The first-order chi connectivity index (χ1) is 15.2. The van der Waals surface area contributed by atoms with Crippen LogP contribution in [0, 0.1) is 11.8 Å². The summed E-state index contributed by atoms with van der Waals surface area (Å²) >= 11 is 0. The molecule has 164 valence electrons. The number of aryl methyl sites for hydroxylation is 1. The van der Waals surface area contributed by atoms with Crippen LogP contribution in [-0.2, 0) is 16.1 Å². The van der Waals surface area contributed by atoms with E-state index in [0.29, 0.717) is 18.9 Å². The Bertz CT molecular complexity index is 904. The van der Waals surface area contributed by atoms with E-state index in [4.69, 9.17) is 0 Å². The lowest BCUT2D eigenvalue weighted by Crippen LogP contribution is -2.68. The normalized spacial score (nSPS) is 27.7. The van der Waals surface area contributed by atoms with Crippen LogP contribution in [0.15, 0.2) is 37.3 Å². The number of hydrogen-bond donors (Lipinski definition) is 1. The fourth-order valence-corrected chi connectivity index (χ4v) is 5.63. The summed E-state index contributed by atoms with van der Waals surface area (Å²) in [6, 6.07) is -0.263. The van der Waals surface area contributed by atoms with Gasteiger partial charge in [-0.05, 0) is 31.6 Å². The molecule has 3 aliphatic rings. The van der Waals surface area contributed by atoms with E-state index in [1.54, 1.807) is 31.1 Å². The van der Waals surface area contributed by atoms with Crippen molar-refractivity contribution in [3.05, 3.63) is 37.3 Å². The largest absolute Gasteiger partial charge is 0.355 e. The molecule has 4 atom stereocenters. The molecule has 1 N–H and O–H groups in total. The molecule has 9 heteroatoms. The minimum atomic E-state index is -0.401. The molecule has 5 rings (SSSR count). The maximum atomic E-state index is 13.3. The van der Waals surface area contributed by atoms with E-state index in [1.807, 2.05) is 15.7 Å². The third-order valence-corrected chi connectivity index (χ3v) is 6.94. The zero-order chi connectivity index (χ0) is 21.2. The Labute approximate surface area is 181 Å². The molecule has 2 aromatic rings. The monoisotopic (exact) mass is 423 g/mol. The van der Waals surface area contributed by atoms with Crippen LogP contribution in [0.25, 0.3) is 0 Å². The topological polar surface area (TPSA) is 96.2 Å². The summed E-state index contributed by atoms with van der Waals surface area (Å²) in [5.41, 5.74) is 0. The molecule has 31 heavy (non-hydrogen) atoms. The average Bonchev–Trinajstić information content (AvgIpc) is 3.31. The lowest BCUT2D eigenvalue weighted by Gasteiger charge is -2.56. The van der Waals surface area contributed by atoms with Crippen molar-refractivity contribution < 1.29 is 9.59 Å². The number of carbonyl (C=O) groups is 2. The van der Waals surface area contributed by atoms with Gasteiger partial charge >= 0.3 is 0 Å². The summed E-state index contributed by atoms with van der Waals surface area (Å²) in [7, 11) is 0. The third kappa shape index (κ3) is 4.00. The Morgan fingerprint density at radius 2 is 2.06 bits per heavy atom. The number of aromatic nitrogens is 4. The molecule has 0 radical (unpaired) electrons. The predicted molar refractivity (Wildman–Crippen MR) is 114 cm³/mol. The van der Waals surface area contributed by atoms with Crippen molar-refractivity contribution in [2.75, 3.05) is 24.5 Å². The van der Waals surface area contributed by atoms with Gasteiger partial charge in [-0.2, -0.15) is 0 Å². The van der Waals surface area contributed by atoms with Gasteiger partial charge in [-0.1, -0.05) is 0 Å². The number of nitrogens with one attached hydrogen (secondary N) is 1. The quantitative estimate of drug-likeness (QED) is 0.699. The van der Waals surface area contributed by atoms with Crippen molar-refractivity contribution in [3.8, 4) is 0 Å². The van der Waals surface area contributed by atoms with Crippen LogP contribution in [0.2, 0.25) is 0 Å². The maximum Gasteiger partial charge on any atom is 0.243 e. The lowest BCUT2D eigenvalue weighted by molar-refractivity contribution is -0.156. The standard InChI is InChI=1S/C22H29N7O2/c30-20-4-1-3-18-16-11-17(14-28(13-16)19-12-23-6-7-25-19)21(29(18)20)22(31)26-5-2-9-27-10-8-24-15-27/h6-8,10,12,15-18,21H,1-5,9,11,13-14H2,(H,26,31)/t16-,17+,18+,21-/m1/s1. The maximum absolute atomic E-state index is 13.3. The van der Waals surface area contributed by atoms with Crippen LogP contribution < -0.4 is 10.2 Å². The fourth-order valence-electron chi connectivity index (χ4n) is 5.63. The van der Waals surface area contributed by atoms with Gasteiger partial charge in [0.05, 0.1) is 12.5 Å². The van der Waals surface area contributed by atoms with Crippen LogP contribution in [-0.4, -0.2) is 68.0 Å². The van der Waals surface area contributed by atoms with Gasteiger partial charge in [0, 0.05) is 69.3 Å². The van der Waals surface area contributed by atoms with Gasteiger partial charge in [0.15, 0.2) is 0 Å². The molecule has 0 aliphatic carbocycles. The number of piperidine rings is 3. The molecule has 0 spiro atoms. The second-order valence-corrected chi connectivity index (χ2v) is 8.87. The minimum absolute atomic E-state index is 0.0182. The van der Waals surface area contributed by atoms with Crippen LogP contribution in [0.4, 0.5) is 5.82 Å². The number of imidazole rings is 1. The number of rotatable bonds is 6. The van der Waals surface area contributed by atoms with Crippen molar-refractivity contribution in [2.45, 2.75) is 50.7 Å². The van der Waals surface area contributed by atoms with Gasteiger partial charge in [-0.25, -0.2) is 9.97 Å². The van der Waals surface area contributed by atoms with Crippen molar-refractivity contribution in [2.24, 2.45) is 11.8 Å². The number of nitrogens with zero attached hydrogens (tertiary/aromatic N) is 6. The summed E-state index contributed by atoms with van der Waals surface area (Å²) in [5.74, 6) is 1.45. The minimum Gasteiger partial charge on any atom is -0.355 e. The number of hydrogen-bond acceptors (Lipinski definition) is 6. The summed E-state index contributed by atoms with van der Waals surface area (Å²) in [6.45, 7) is 2.98. The van der Waals surface area contributed by atoms with E-state index >= 15 is 0 Å². The zero-order valence-corrected chi connectivity index (χ0v) is 17.6. The second-order valence-electron chi connectivity index (χ2n) is 8.87. The van der Waals surface area contributed by atoms with Crippen molar-refractivity contribution in [3.63, 3.8) is 0 Å². The second kappa shape index (κ2) is 8.64. The molecule has 3 aliphatic heterocycles. The first-order valence-electron chi connectivity index (χ1n) is 11.3. The van der Waals surface area contributed by atoms with Crippen molar-refractivity contribution in [1.29, 1.82) is 0 Å². The van der Waals surface area contributed by atoms with E-state index in [1.165, 1.54) is 0 Å². The molecule has 0 aromatic carbocycles. The van der Waals surface area contributed by atoms with Gasteiger partial charge in [0.25, 0.3) is 0 Å². The molecular formula is C22H29N7O2. The summed E-state index contributed by atoms with van der Waals surface area (Å²) in [6.07, 6.45) is 14.9. The highest BCUT2D eigenvalue weighted by molar-refractivity contribution is 5.89. The molecule has 2 aromatic heterocycles. The third-order valence-electron chi connectivity index (χ3n) is 6.94. The molecular weight excluding hydrogens is 394 g/mol. The molecule has 0 unspecified atom stereocenters. The molecule has 0 saturated carbocycles. The van der Waals surface area contributed by atoms with E-state index in [2.05, 4.69) is 25.2 Å². The molecule has 9 nitrogen and oxygen atoms in total. The van der Waals surface area contributed by atoms with E-state index in [-0.39, 0.29) is 23.8 Å². The Hall–Kier alpha value is -2.97. The molecule has 3 saturated heterocycles. The van der Waals surface area contributed by atoms with Gasteiger partial charge in [0.2, 0.25) is 11.8 Å². The first kappa shape index (κ1) is 20.0. The summed E-state index contributed by atoms with van der Waals surface area (Å²) in [4.78, 5) is 43.2. The van der Waals surface area contributed by atoms with E-state index in [0.717, 1.165) is 51.1 Å². The Kier molecular flexibility index (Phi) is 5.57. The SMILES string of the molecule is O=C(NCCCn1ccnc1)[C@H]1[C@H]2C[C@H](CN(c3cnccn3)C2)[C@@H]2CCCC(=O)N21. The highest BCUT2D eigenvalue weighted by Gasteiger charge is 2.52. The average molecular weight is 424 g/mol. The van der Waals surface area contributed by atoms with Crippen molar-refractivity contribution in [1.82, 2.24) is 29.7 Å². The first-order valence-corrected chi connectivity index (χ1v) is 11.3. The smallest absolute Gasteiger partial charge is 0.243 e. The number of fused-ring (bicyclic) bond motifs is 4. The van der Waals surface area contributed by atoms with E-state index in [9.17, 15) is 9.59 Å². The Morgan fingerprint density at radius 3 is 2.87 bits per heavy atom. The molecule has 5 heterocycles. The van der Waals surface area contributed by atoms with Crippen molar-refractivity contribution >= 4 is 17.6 Å². The molecule has 3 fully saturated rings. The Balaban J connectivity index is 1.31. The highest BCUT2D eigenvalue weighted by atomic mass is 16.2. The van der Waals surface area contributed by atoms with Crippen LogP contribution >= 0.6 is 0 Å². The van der Waals surface area contributed by atoms with Crippen LogP contribution in [0.1, 0.15) is 32.1 Å². The van der Waals surface area contributed by atoms with E-state index < -0.39 is 6.04 Å². The van der Waals surface area contributed by atoms with Gasteiger partial charge in [-0.3, -0.25) is 14.6 Å².